The van der Waals surface area contributed by atoms with Crippen LogP contribution in [0, 0.1) is 0 Å². The zero-order chi connectivity index (χ0) is 9.26. The molecule has 0 aliphatic carbocycles. The quantitative estimate of drug-likeness (QED) is 0.774. The zero-order valence-electron chi connectivity index (χ0n) is 7.66. The van der Waals surface area contributed by atoms with E-state index in [1.54, 1.807) is 11.3 Å². The molecule has 1 unspecified atom stereocenters. The van der Waals surface area contributed by atoms with Gasteiger partial charge in [0.2, 0.25) is 0 Å². The van der Waals surface area contributed by atoms with E-state index in [4.69, 9.17) is 5.73 Å². The van der Waals surface area contributed by atoms with E-state index >= 15 is 0 Å². The van der Waals surface area contributed by atoms with E-state index < -0.39 is 0 Å². The van der Waals surface area contributed by atoms with E-state index in [0.717, 1.165) is 6.42 Å². The molecule has 1 nitrogen and oxygen atoms in total. The Hall–Kier alpha value is -0.860. The average molecular weight is 191 g/mol. The Bertz CT molecular complexity index is 405. The van der Waals surface area contributed by atoms with Gasteiger partial charge in [-0.2, -0.15) is 0 Å². The first-order valence-electron chi connectivity index (χ1n) is 4.54. The third-order valence-electron chi connectivity index (χ3n) is 2.34. The average Bonchev–Trinajstić information content (AvgIpc) is 2.63. The van der Waals surface area contributed by atoms with Crippen LogP contribution in [0.25, 0.3) is 10.1 Å². The van der Waals surface area contributed by atoms with E-state index in [1.807, 2.05) is 0 Å². The van der Waals surface area contributed by atoms with Crippen LogP contribution in [0.15, 0.2) is 29.6 Å². The zero-order valence-corrected chi connectivity index (χ0v) is 8.47. The molecule has 0 aliphatic rings. The second-order valence-electron chi connectivity index (χ2n) is 3.23. The molecule has 1 aromatic carbocycles. The van der Waals surface area contributed by atoms with Gasteiger partial charge in [-0.1, -0.05) is 13.0 Å². The van der Waals surface area contributed by atoms with E-state index in [1.165, 1.54) is 15.6 Å². The molecule has 2 N–H and O–H groups in total. The van der Waals surface area contributed by atoms with Crippen molar-refractivity contribution in [1.82, 2.24) is 0 Å². The van der Waals surface area contributed by atoms with Crippen molar-refractivity contribution in [3.05, 3.63) is 35.2 Å². The highest BCUT2D eigenvalue weighted by Crippen LogP contribution is 2.24. The molecule has 0 amide bonds. The topological polar surface area (TPSA) is 26.0 Å². The molecule has 2 aromatic rings. The molecule has 2 rings (SSSR count). The predicted octanol–water partition coefficient (Wildman–Crippen LogP) is 3.31. The van der Waals surface area contributed by atoms with Crippen LogP contribution in [0.5, 0.6) is 0 Å². The van der Waals surface area contributed by atoms with Crippen LogP contribution < -0.4 is 5.73 Å². The fraction of sp³-hybridized carbons (Fsp3) is 0.273. The highest BCUT2D eigenvalue weighted by Gasteiger charge is 2.03. The number of fused-ring (bicyclic) bond motifs is 1. The SMILES string of the molecule is CCC(N)c1ccc2sccc2c1. The van der Waals surface area contributed by atoms with E-state index in [9.17, 15) is 0 Å². The molecule has 1 heterocycles. The Balaban J connectivity index is 2.48. The standard InChI is InChI=1S/C11H13NS/c1-2-10(12)8-3-4-11-9(7-8)5-6-13-11/h3-7,10H,2,12H2,1H3. The van der Waals surface area contributed by atoms with Gasteiger partial charge in [0.1, 0.15) is 0 Å². The van der Waals surface area contributed by atoms with Crippen molar-refractivity contribution in [2.75, 3.05) is 0 Å². The maximum Gasteiger partial charge on any atom is 0.0342 e. The maximum atomic E-state index is 5.96. The van der Waals surface area contributed by atoms with Gasteiger partial charge >= 0.3 is 0 Å². The number of thiophene rings is 1. The summed E-state index contributed by atoms with van der Waals surface area (Å²) in [4.78, 5) is 0. The molecule has 13 heavy (non-hydrogen) atoms. The predicted molar refractivity (Wildman–Crippen MR) is 59.0 cm³/mol. The summed E-state index contributed by atoms with van der Waals surface area (Å²) in [5.41, 5.74) is 7.20. The number of hydrogen-bond donors (Lipinski definition) is 1. The number of benzene rings is 1. The van der Waals surface area contributed by atoms with Crippen molar-refractivity contribution in [2.45, 2.75) is 19.4 Å². The molecule has 1 aromatic heterocycles. The second-order valence-corrected chi connectivity index (χ2v) is 4.18. The van der Waals surface area contributed by atoms with Gasteiger partial charge in [-0.05, 0) is 40.9 Å². The van der Waals surface area contributed by atoms with E-state index in [-0.39, 0.29) is 6.04 Å². The lowest BCUT2D eigenvalue weighted by atomic mass is 10.0. The first kappa shape index (κ1) is 8.73. The second kappa shape index (κ2) is 3.48. The van der Waals surface area contributed by atoms with Gasteiger partial charge in [-0.3, -0.25) is 0 Å². The van der Waals surface area contributed by atoms with Gasteiger partial charge in [-0.25, -0.2) is 0 Å². The lowest BCUT2D eigenvalue weighted by Gasteiger charge is -2.08. The Morgan fingerprint density at radius 1 is 1.38 bits per heavy atom. The molecule has 0 spiro atoms. The summed E-state index contributed by atoms with van der Waals surface area (Å²) in [6, 6.07) is 8.81. The van der Waals surface area contributed by atoms with Crippen molar-refractivity contribution in [2.24, 2.45) is 5.73 Å². The first-order valence-corrected chi connectivity index (χ1v) is 5.42. The summed E-state index contributed by atoms with van der Waals surface area (Å²) in [5.74, 6) is 0. The van der Waals surface area contributed by atoms with Crippen molar-refractivity contribution in [1.29, 1.82) is 0 Å². The van der Waals surface area contributed by atoms with Crippen molar-refractivity contribution >= 4 is 21.4 Å². The molecule has 0 saturated heterocycles. The first-order chi connectivity index (χ1) is 6.31. The largest absolute Gasteiger partial charge is 0.324 e. The third kappa shape index (κ3) is 1.60. The highest BCUT2D eigenvalue weighted by atomic mass is 32.1. The molecule has 0 fully saturated rings. The Morgan fingerprint density at radius 3 is 3.00 bits per heavy atom. The maximum absolute atomic E-state index is 5.96. The Labute approximate surface area is 82.2 Å². The van der Waals surface area contributed by atoms with Crippen LogP contribution in [0.4, 0.5) is 0 Å². The monoisotopic (exact) mass is 191 g/mol. The minimum Gasteiger partial charge on any atom is -0.324 e. The number of nitrogens with two attached hydrogens (primary N) is 1. The van der Waals surface area contributed by atoms with Crippen molar-refractivity contribution in [3.63, 3.8) is 0 Å². The summed E-state index contributed by atoms with van der Waals surface area (Å²) < 4.78 is 1.34. The minimum absolute atomic E-state index is 0.185. The van der Waals surface area contributed by atoms with Crippen molar-refractivity contribution in [3.8, 4) is 0 Å². The van der Waals surface area contributed by atoms with Gasteiger partial charge in [-0.15, -0.1) is 11.3 Å². The third-order valence-corrected chi connectivity index (χ3v) is 3.24. The molecule has 0 bridgehead atoms. The molecule has 1 atom stereocenters. The van der Waals surface area contributed by atoms with Gasteiger partial charge in [0.15, 0.2) is 0 Å². The van der Waals surface area contributed by atoms with Crippen LogP contribution in [0.2, 0.25) is 0 Å². The molecular formula is C11H13NS. The molecule has 68 valence electrons. The van der Waals surface area contributed by atoms with Crippen molar-refractivity contribution < 1.29 is 0 Å². The van der Waals surface area contributed by atoms with Crippen LogP contribution in [0.3, 0.4) is 0 Å². The van der Waals surface area contributed by atoms with Gasteiger partial charge in [0.25, 0.3) is 0 Å². The number of rotatable bonds is 2. The fourth-order valence-corrected chi connectivity index (χ4v) is 2.22. The Kier molecular flexibility index (Phi) is 2.34. The van der Waals surface area contributed by atoms with Crippen LogP contribution in [0.1, 0.15) is 24.9 Å². The summed E-state index contributed by atoms with van der Waals surface area (Å²) in [6.07, 6.45) is 0.996. The van der Waals surface area contributed by atoms with E-state index in [2.05, 4.69) is 36.6 Å². The lowest BCUT2D eigenvalue weighted by molar-refractivity contribution is 0.700. The van der Waals surface area contributed by atoms with Crippen LogP contribution in [-0.4, -0.2) is 0 Å². The highest BCUT2D eigenvalue weighted by molar-refractivity contribution is 7.17. The van der Waals surface area contributed by atoms with E-state index in [0.29, 0.717) is 0 Å². The van der Waals surface area contributed by atoms with Crippen LogP contribution in [-0.2, 0) is 0 Å². The lowest BCUT2D eigenvalue weighted by Crippen LogP contribution is -2.07. The molecular weight excluding hydrogens is 178 g/mol. The summed E-state index contributed by atoms with van der Waals surface area (Å²) >= 11 is 1.77. The van der Waals surface area contributed by atoms with Crippen LogP contribution >= 0.6 is 11.3 Å². The Morgan fingerprint density at radius 2 is 2.23 bits per heavy atom. The molecule has 0 radical (unpaired) electrons. The minimum atomic E-state index is 0.185. The molecule has 0 saturated carbocycles. The molecule has 0 aliphatic heterocycles. The van der Waals surface area contributed by atoms with Gasteiger partial charge in [0, 0.05) is 10.7 Å². The summed E-state index contributed by atoms with van der Waals surface area (Å²) in [7, 11) is 0. The van der Waals surface area contributed by atoms with Gasteiger partial charge in [0.05, 0.1) is 0 Å². The fourth-order valence-electron chi connectivity index (χ4n) is 1.45. The smallest absolute Gasteiger partial charge is 0.0342 e. The molecule has 2 heteroatoms. The number of hydrogen-bond acceptors (Lipinski definition) is 2. The summed E-state index contributed by atoms with van der Waals surface area (Å²) in [5, 5.41) is 3.43. The summed E-state index contributed by atoms with van der Waals surface area (Å²) in [6.45, 7) is 2.11. The normalized spacial score (nSPS) is 13.4. The van der Waals surface area contributed by atoms with Gasteiger partial charge < -0.3 is 5.73 Å².